The van der Waals surface area contributed by atoms with Gasteiger partial charge in [-0.15, -0.1) is 0 Å². The molecule has 0 spiro atoms. The van der Waals surface area contributed by atoms with E-state index in [4.69, 9.17) is 0 Å². The summed E-state index contributed by atoms with van der Waals surface area (Å²) in [5.74, 6) is 0. The smallest absolute Gasteiger partial charge is 0.241 e. The van der Waals surface area contributed by atoms with Gasteiger partial charge in [0.25, 0.3) is 0 Å². The lowest BCUT2D eigenvalue weighted by molar-refractivity contribution is 0.660. The first kappa shape index (κ1) is 45.0. The second-order valence-corrected chi connectivity index (χ2v) is 22.5. The van der Waals surface area contributed by atoms with E-state index in [1.807, 2.05) is 0 Å². The van der Waals surface area contributed by atoms with Gasteiger partial charge in [0.1, 0.15) is 0 Å². The molecule has 1 aliphatic carbocycles. The van der Waals surface area contributed by atoms with Gasteiger partial charge in [-0.25, -0.2) is 0 Å². The predicted octanol–water partition coefficient (Wildman–Crippen LogP) is 16.9. The van der Waals surface area contributed by atoms with E-state index < -0.39 is 0 Å². The highest BCUT2D eigenvalue weighted by atomic mass is 15.0. The summed E-state index contributed by atoms with van der Waals surface area (Å²) in [6.45, 7) is 4.64. The lowest BCUT2D eigenvalue weighted by Gasteiger charge is -2.23. The number of para-hydroxylation sites is 6. The van der Waals surface area contributed by atoms with E-state index in [9.17, 15) is 0 Å². The molecule has 17 rings (SSSR count). The molecule has 4 aromatic heterocycles. The minimum Gasteiger partial charge on any atom is -0.309 e. The van der Waals surface area contributed by atoms with Gasteiger partial charge in [0.15, 0.2) is 0 Å². The summed E-state index contributed by atoms with van der Waals surface area (Å²) in [7, 11) is 0. The largest absolute Gasteiger partial charge is 0.309 e. The first-order valence-electron chi connectivity index (χ1n) is 27.9. The summed E-state index contributed by atoms with van der Waals surface area (Å²) in [6, 6.07) is 102. The lowest BCUT2D eigenvalue weighted by atomic mass is 9.36. The Hall–Kier alpha value is -10.1. The van der Waals surface area contributed by atoms with Crippen molar-refractivity contribution in [3.63, 3.8) is 0 Å². The van der Waals surface area contributed by atoms with Crippen molar-refractivity contribution in [2.24, 2.45) is 0 Å². The van der Waals surface area contributed by atoms with Crippen molar-refractivity contribution in [3.05, 3.63) is 284 Å². The highest BCUT2D eigenvalue weighted by molar-refractivity contribution is 6.95. The number of hydrogen-bond donors (Lipinski definition) is 0. The molecule has 5 heteroatoms. The van der Waals surface area contributed by atoms with E-state index in [2.05, 4.69) is 305 Å². The average Bonchev–Trinajstić information content (AvgIpc) is 4.43. The molecule has 0 aliphatic heterocycles. The third kappa shape index (κ3) is 6.40. The van der Waals surface area contributed by atoms with Gasteiger partial charge in [-0.3, -0.25) is 0 Å². The molecule has 0 saturated heterocycles. The van der Waals surface area contributed by atoms with Gasteiger partial charge in [0, 0.05) is 71.3 Å². The van der Waals surface area contributed by atoms with Gasteiger partial charge in [0.05, 0.1) is 44.1 Å². The van der Waals surface area contributed by atoms with E-state index in [0.29, 0.717) is 0 Å². The third-order valence-corrected chi connectivity index (χ3v) is 17.8. The fraction of sp³-hybridized carbons (Fsp3) is 0.0400. The van der Waals surface area contributed by atoms with Crippen molar-refractivity contribution in [1.82, 2.24) is 18.3 Å². The summed E-state index contributed by atoms with van der Waals surface area (Å²) < 4.78 is 9.86. The molecule has 1 aliphatic rings. The van der Waals surface area contributed by atoms with E-state index in [1.54, 1.807) is 0 Å². The topological polar surface area (TPSA) is 19.7 Å². The van der Waals surface area contributed by atoms with Crippen LogP contribution in [-0.4, -0.2) is 25.0 Å². The van der Waals surface area contributed by atoms with Crippen LogP contribution in [0.3, 0.4) is 0 Å². The Morgan fingerprint density at radius 1 is 0.237 bits per heavy atom. The monoisotopic (exact) mass is 1020 g/mol. The fourth-order valence-corrected chi connectivity index (χ4v) is 14.3. The molecular weight excluding hydrogens is 968 g/mol. The molecule has 0 unspecified atom stereocenters. The maximum atomic E-state index is 2.51. The van der Waals surface area contributed by atoms with Crippen LogP contribution < -0.4 is 16.4 Å². The maximum absolute atomic E-state index is 2.51. The minimum absolute atomic E-state index is 0.107. The van der Waals surface area contributed by atoms with Crippen LogP contribution in [0.5, 0.6) is 0 Å². The van der Waals surface area contributed by atoms with E-state index in [-0.39, 0.29) is 12.1 Å². The number of rotatable bonds is 7. The zero-order valence-electron chi connectivity index (χ0n) is 44.3. The zero-order chi connectivity index (χ0) is 52.8. The van der Waals surface area contributed by atoms with Crippen LogP contribution in [0.25, 0.3) is 121 Å². The number of aromatic nitrogens is 4. The molecule has 0 amide bonds. The van der Waals surface area contributed by atoms with Gasteiger partial charge in [-0.05, 0) is 119 Å². The standard InChI is InChI=1S/C75H51BN4/c1-75(2)65-34-14-9-29-55(65)60-43-50(39-40-66(60)75)76(48-21-19-27-53(41-48)79-69-37-17-12-32-58(69)63-44-71-61(46-73(63)79)56-30-10-15-35-67(56)77(71)51-23-5-3-6-24-51)49-22-20-28-54(42-49)80-70-38-18-13-33-59(70)64-45-72-62(47-74(64)80)57-31-11-16-36-68(57)78(72)52-25-7-4-8-26-52/h3-47H,1-2H3. The van der Waals surface area contributed by atoms with E-state index in [0.717, 1.165) is 22.7 Å². The summed E-state index contributed by atoms with van der Waals surface area (Å²) in [5, 5.41) is 9.89. The molecule has 0 bridgehead atoms. The highest BCUT2D eigenvalue weighted by Crippen LogP contribution is 2.48. The summed E-state index contributed by atoms with van der Waals surface area (Å²) in [6.07, 6.45) is 0. The molecular formula is C75H51BN4. The quantitative estimate of drug-likeness (QED) is 0.142. The fourth-order valence-electron chi connectivity index (χ4n) is 14.3. The first-order chi connectivity index (χ1) is 39.5. The molecule has 0 saturated carbocycles. The Morgan fingerprint density at radius 3 is 1.01 bits per heavy atom. The molecule has 4 nitrogen and oxygen atoms in total. The Labute approximate surface area is 463 Å². The maximum Gasteiger partial charge on any atom is 0.241 e. The van der Waals surface area contributed by atoms with Crippen LogP contribution in [0.15, 0.2) is 273 Å². The van der Waals surface area contributed by atoms with E-state index in [1.165, 1.54) is 126 Å². The van der Waals surface area contributed by atoms with Crippen LogP contribution in [0.4, 0.5) is 0 Å². The van der Waals surface area contributed by atoms with Gasteiger partial charge < -0.3 is 18.3 Å². The van der Waals surface area contributed by atoms with Crippen molar-refractivity contribution in [2.45, 2.75) is 19.3 Å². The molecule has 12 aromatic carbocycles. The minimum atomic E-state index is -0.108. The molecule has 4 heterocycles. The van der Waals surface area contributed by atoms with Crippen molar-refractivity contribution >= 4 is 110 Å². The molecule has 80 heavy (non-hydrogen) atoms. The lowest BCUT2D eigenvalue weighted by Crippen LogP contribution is -2.52. The van der Waals surface area contributed by atoms with Gasteiger partial charge in [-0.2, -0.15) is 0 Å². The second kappa shape index (κ2) is 17.0. The molecule has 0 radical (unpaired) electrons. The molecule has 374 valence electrons. The third-order valence-electron chi connectivity index (χ3n) is 17.8. The number of hydrogen-bond acceptors (Lipinski definition) is 0. The number of benzene rings is 12. The second-order valence-electron chi connectivity index (χ2n) is 22.5. The Balaban J connectivity index is 0.890. The highest BCUT2D eigenvalue weighted by Gasteiger charge is 2.36. The molecule has 0 atom stereocenters. The van der Waals surface area contributed by atoms with Gasteiger partial charge >= 0.3 is 0 Å². The van der Waals surface area contributed by atoms with Crippen LogP contribution >= 0.6 is 0 Å². The SMILES string of the molecule is CC1(C)c2ccccc2-c2cc(B(c3cccc(-n4c5ccccc5c5cc6c(cc54)c4ccccc4n6-c4ccccc4)c3)c3cccc(-n4c5ccccc5c5cc6c(cc54)c4ccccc4n6-c4ccccc4)c3)ccc21. The van der Waals surface area contributed by atoms with Crippen LogP contribution in [-0.2, 0) is 5.41 Å². The summed E-state index contributed by atoms with van der Waals surface area (Å²) >= 11 is 0. The zero-order valence-corrected chi connectivity index (χ0v) is 44.3. The van der Waals surface area contributed by atoms with Crippen molar-refractivity contribution in [1.29, 1.82) is 0 Å². The van der Waals surface area contributed by atoms with Crippen molar-refractivity contribution < 1.29 is 0 Å². The van der Waals surface area contributed by atoms with Gasteiger partial charge in [-0.1, -0.05) is 206 Å². The first-order valence-corrected chi connectivity index (χ1v) is 27.9. The van der Waals surface area contributed by atoms with E-state index >= 15 is 0 Å². The Morgan fingerprint density at radius 2 is 0.575 bits per heavy atom. The van der Waals surface area contributed by atoms with Crippen LogP contribution in [0, 0.1) is 0 Å². The Kier molecular flexibility index (Phi) is 9.53. The summed E-state index contributed by atoms with van der Waals surface area (Å²) in [5.41, 5.74) is 23.2. The molecule has 16 aromatic rings. The number of nitrogens with zero attached hydrogens (tertiary/aromatic N) is 4. The van der Waals surface area contributed by atoms with Crippen molar-refractivity contribution in [3.8, 4) is 33.9 Å². The van der Waals surface area contributed by atoms with Crippen molar-refractivity contribution in [2.75, 3.05) is 0 Å². The molecule has 0 fully saturated rings. The summed E-state index contributed by atoms with van der Waals surface area (Å²) in [4.78, 5) is 0. The molecule has 0 N–H and O–H groups in total. The normalized spacial score (nSPS) is 13.0. The van der Waals surface area contributed by atoms with Crippen LogP contribution in [0.2, 0.25) is 0 Å². The average molecular weight is 1020 g/mol. The predicted molar refractivity (Wildman–Crippen MR) is 339 cm³/mol. The Bertz CT molecular complexity index is 4950. The van der Waals surface area contributed by atoms with Gasteiger partial charge in [0.2, 0.25) is 6.71 Å². The van der Waals surface area contributed by atoms with Crippen LogP contribution in [0.1, 0.15) is 25.0 Å². The number of fused-ring (bicyclic) bond motifs is 15.